The Morgan fingerprint density at radius 2 is 0.508 bits per heavy atom. The van der Waals surface area contributed by atoms with Gasteiger partial charge in [-0.25, -0.2) is 0 Å². The molecule has 0 saturated heterocycles. The van der Waals surface area contributed by atoms with Crippen molar-refractivity contribution in [3.8, 4) is 0 Å². The van der Waals surface area contributed by atoms with Crippen LogP contribution < -0.4 is 0 Å². The summed E-state index contributed by atoms with van der Waals surface area (Å²) < 4.78 is 16.8. The number of esters is 3. The fraction of sp³-hybridized carbons (Fsp3) is 0.847. The predicted molar refractivity (Wildman–Crippen MR) is 279 cm³/mol. The predicted octanol–water partition coefficient (Wildman–Crippen LogP) is 18.9. The summed E-state index contributed by atoms with van der Waals surface area (Å²) in [7, 11) is 0. The van der Waals surface area contributed by atoms with Gasteiger partial charge in [-0.2, -0.15) is 0 Å². The van der Waals surface area contributed by atoms with E-state index in [-0.39, 0.29) is 31.1 Å². The molecule has 0 aliphatic heterocycles. The third-order valence-electron chi connectivity index (χ3n) is 12.6. The van der Waals surface area contributed by atoms with E-state index in [2.05, 4.69) is 57.2 Å². The molecule has 0 aromatic heterocycles. The second-order valence-corrected chi connectivity index (χ2v) is 19.2. The van der Waals surface area contributed by atoms with Gasteiger partial charge in [0.2, 0.25) is 0 Å². The molecule has 0 aliphatic carbocycles. The molecule has 380 valence electrons. The van der Waals surface area contributed by atoms with E-state index in [9.17, 15) is 14.4 Å². The number of hydrogen-bond acceptors (Lipinski definition) is 6. The fourth-order valence-electron chi connectivity index (χ4n) is 8.25. The third-order valence-corrected chi connectivity index (χ3v) is 12.6. The number of rotatable bonds is 52. The summed E-state index contributed by atoms with van der Waals surface area (Å²) in [6, 6.07) is 0. The van der Waals surface area contributed by atoms with Crippen LogP contribution in [-0.2, 0) is 28.6 Å². The van der Waals surface area contributed by atoms with Crippen LogP contribution in [0.5, 0.6) is 0 Å². The SMILES string of the molecule is CCCCC/C=C\CCCCCCCC(=O)OCC(COC(=O)CCCCCCC/C=C\CCCCCCCCCCC)OC(=O)CCCCCCCCC/C=C\CCCCCCCC. The van der Waals surface area contributed by atoms with Gasteiger partial charge in [0.15, 0.2) is 6.10 Å². The zero-order valence-corrected chi connectivity index (χ0v) is 43.5. The van der Waals surface area contributed by atoms with Crippen LogP contribution in [0.25, 0.3) is 0 Å². The first-order valence-corrected chi connectivity index (χ1v) is 28.5. The highest BCUT2D eigenvalue weighted by atomic mass is 16.6. The molecule has 0 aromatic rings. The average Bonchev–Trinajstić information content (AvgIpc) is 3.30. The van der Waals surface area contributed by atoms with Crippen molar-refractivity contribution in [3.05, 3.63) is 36.5 Å². The molecule has 0 radical (unpaired) electrons. The zero-order chi connectivity index (χ0) is 47.2. The van der Waals surface area contributed by atoms with Crippen molar-refractivity contribution >= 4 is 17.9 Å². The van der Waals surface area contributed by atoms with Gasteiger partial charge in [-0.1, -0.05) is 224 Å². The minimum Gasteiger partial charge on any atom is -0.462 e. The minimum absolute atomic E-state index is 0.0788. The molecule has 0 aliphatic rings. The summed E-state index contributed by atoms with van der Waals surface area (Å²) >= 11 is 0. The first kappa shape index (κ1) is 62.6. The largest absolute Gasteiger partial charge is 0.462 e. The first-order chi connectivity index (χ1) is 32.0. The van der Waals surface area contributed by atoms with Crippen LogP contribution in [-0.4, -0.2) is 37.2 Å². The van der Waals surface area contributed by atoms with Gasteiger partial charge in [-0.3, -0.25) is 14.4 Å². The Labute approximate surface area is 404 Å². The van der Waals surface area contributed by atoms with Gasteiger partial charge in [0, 0.05) is 19.3 Å². The van der Waals surface area contributed by atoms with E-state index >= 15 is 0 Å². The van der Waals surface area contributed by atoms with Gasteiger partial charge in [-0.15, -0.1) is 0 Å². The van der Waals surface area contributed by atoms with Crippen molar-refractivity contribution in [2.75, 3.05) is 13.2 Å². The van der Waals surface area contributed by atoms with Gasteiger partial charge in [-0.05, 0) is 96.3 Å². The molecule has 1 unspecified atom stereocenters. The molecule has 0 bridgehead atoms. The monoisotopic (exact) mass is 913 g/mol. The topological polar surface area (TPSA) is 78.9 Å². The van der Waals surface area contributed by atoms with E-state index in [0.717, 1.165) is 70.6 Å². The fourth-order valence-corrected chi connectivity index (χ4v) is 8.25. The Morgan fingerprint density at radius 1 is 0.292 bits per heavy atom. The standard InChI is InChI=1S/C59H108O6/c1-4-7-10-13-16-19-22-25-27-29-31-32-34-37-40-43-46-49-52-58(61)64-55-56(54-63-57(60)51-48-45-42-39-36-24-21-18-15-12-9-6-3)65-59(62)53-50-47-44-41-38-35-33-30-28-26-23-20-17-14-11-8-5-2/h18,21,26,28,31-32,56H,4-17,19-20,22-25,27,29-30,33-55H2,1-3H3/b21-18-,28-26-,32-31-. The normalized spacial score (nSPS) is 12.2. The molecule has 0 fully saturated rings. The van der Waals surface area contributed by atoms with E-state index in [4.69, 9.17) is 14.2 Å². The Bertz CT molecular complexity index is 1090. The number of allylic oxidation sites excluding steroid dienone is 6. The Morgan fingerprint density at radius 3 is 0.800 bits per heavy atom. The summed E-state index contributed by atoms with van der Waals surface area (Å²) in [5.74, 6) is -0.886. The van der Waals surface area contributed by atoms with Gasteiger partial charge in [0.1, 0.15) is 13.2 Å². The maximum absolute atomic E-state index is 12.8. The molecular formula is C59H108O6. The maximum Gasteiger partial charge on any atom is 0.306 e. The number of hydrogen-bond donors (Lipinski definition) is 0. The molecule has 6 heteroatoms. The van der Waals surface area contributed by atoms with Crippen molar-refractivity contribution in [1.29, 1.82) is 0 Å². The lowest BCUT2D eigenvalue weighted by atomic mass is 10.1. The van der Waals surface area contributed by atoms with E-state index in [0.29, 0.717) is 19.3 Å². The van der Waals surface area contributed by atoms with Crippen LogP contribution in [0.3, 0.4) is 0 Å². The second kappa shape index (κ2) is 54.2. The van der Waals surface area contributed by atoms with Crippen molar-refractivity contribution in [3.63, 3.8) is 0 Å². The van der Waals surface area contributed by atoms with Gasteiger partial charge in [0.05, 0.1) is 0 Å². The van der Waals surface area contributed by atoms with Crippen LogP contribution >= 0.6 is 0 Å². The molecular weight excluding hydrogens is 805 g/mol. The maximum atomic E-state index is 12.8. The number of carbonyl (C=O) groups is 3. The summed E-state index contributed by atoms with van der Waals surface area (Å²) in [6.45, 7) is 6.63. The van der Waals surface area contributed by atoms with Crippen LogP contribution in [0.2, 0.25) is 0 Å². The Balaban J connectivity index is 4.35. The molecule has 65 heavy (non-hydrogen) atoms. The lowest BCUT2D eigenvalue weighted by Gasteiger charge is -2.18. The molecule has 6 nitrogen and oxygen atoms in total. The third kappa shape index (κ3) is 52.5. The summed E-state index contributed by atoms with van der Waals surface area (Å²) in [5.41, 5.74) is 0. The van der Waals surface area contributed by atoms with Crippen molar-refractivity contribution in [2.24, 2.45) is 0 Å². The number of ether oxygens (including phenoxy) is 3. The second-order valence-electron chi connectivity index (χ2n) is 19.2. The van der Waals surface area contributed by atoms with Crippen molar-refractivity contribution in [2.45, 2.75) is 309 Å². The molecule has 1 atom stereocenters. The smallest absolute Gasteiger partial charge is 0.306 e. The molecule has 0 rings (SSSR count). The summed E-state index contributed by atoms with van der Waals surface area (Å²) in [4.78, 5) is 38.1. The van der Waals surface area contributed by atoms with E-state index < -0.39 is 6.10 Å². The average molecular weight is 914 g/mol. The van der Waals surface area contributed by atoms with E-state index in [1.165, 1.54) is 193 Å². The molecule has 0 saturated carbocycles. The molecule has 0 spiro atoms. The van der Waals surface area contributed by atoms with Gasteiger partial charge < -0.3 is 14.2 Å². The number of carbonyl (C=O) groups excluding carboxylic acids is 3. The summed E-state index contributed by atoms with van der Waals surface area (Å²) in [6.07, 6.45) is 64.2. The highest BCUT2D eigenvalue weighted by Gasteiger charge is 2.19. The van der Waals surface area contributed by atoms with Gasteiger partial charge in [0.25, 0.3) is 0 Å². The molecule has 0 heterocycles. The van der Waals surface area contributed by atoms with Crippen LogP contribution in [0.4, 0.5) is 0 Å². The van der Waals surface area contributed by atoms with E-state index in [1.807, 2.05) is 0 Å². The van der Waals surface area contributed by atoms with E-state index in [1.54, 1.807) is 0 Å². The lowest BCUT2D eigenvalue weighted by molar-refractivity contribution is -0.167. The minimum atomic E-state index is -0.779. The van der Waals surface area contributed by atoms with Crippen molar-refractivity contribution < 1.29 is 28.6 Å². The van der Waals surface area contributed by atoms with Gasteiger partial charge >= 0.3 is 17.9 Å². The number of unbranched alkanes of at least 4 members (excludes halogenated alkanes) is 35. The Hall–Kier alpha value is -2.37. The molecule has 0 N–H and O–H groups in total. The molecule has 0 aromatic carbocycles. The highest BCUT2D eigenvalue weighted by Crippen LogP contribution is 2.15. The highest BCUT2D eigenvalue weighted by molar-refractivity contribution is 5.71. The zero-order valence-electron chi connectivity index (χ0n) is 43.5. The van der Waals surface area contributed by atoms with Crippen LogP contribution in [0.15, 0.2) is 36.5 Å². The lowest BCUT2D eigenvalue weighted by Crippen LogP contribution is -2.30. The quantitative estimate of drug-likeness (QED) is 0.0262. The Kier molecular flexibility index (Phi) is 52.3. The van der Waals surface area contributed by atoms with Crippen LogP contribution in [0.1, 0.15) is 303 Å². The first-order valence-electron chi connectivity index (χ1n) is 28.5. The van der Waals surface area contributed by atoms with Crippen LogP contribution in [0, 0.1) is 0 Å². The molecule has 0 amide bonds. The van der Waals surface area contributed by atoms with Crippen molar-refractivity contribution in [1.82, 2.24) is 0 Å². The summed E-state index contributed by atoms with van der Waals surface area (Å²) in [5, 5.41) is 0.